The molecule has 0 saturated heterocycles. The molecule has 0 fully saturated rings. The minimum atomic E-state index is -0.854. The third kappa shape index (κ3) is 3.43. The molecular formula is C4H11ClO2Si. The Labute approximate surface area is 56.8 Å². The summed E-state index contributed by atoms with van der Waals surface area (Å²) in [7, 11) is 0.744. The first kappa shape index (κ1) is 8.43. The lowest BCUT2D eigenvalue weighted by Crippen LogP contribution is -2.26. The van der Waals surface area contributed by atoms with Gasteiger partial charge in [-0.25, -0.2) is 0 Å². The molecule has 0 heterocycles. The Balaban J connectivity index is 3.37. The summed E-state index contributed by atoms with van der Waals surface area (Å²) in [4.78, 5) is 0. The summed E-state index contributed by atoms with van der Waals surface area (Å²) in [5, 5.41) is 0. The van der Waals surface area contributed by atoms with E-state index in [1.165, 1.54) is 0 Å². The smallest absolute Gasteiger partial charge is 0.262 e. The lowest BCUT2D eigenvalue weighted by molar-refractivity contribution is -0.132. The third-order valence-electron chi connectivity index (χ3n) is 0.894. The van der Waals surface area contributed by atoms with E-state index < -0.39 is 14.9 Å². The fourth-order valence-electron chi connectivity index (χ4n) is 0.190. The molecule has 0 N–H and O–H groups in total. The van der Waals surface area contributed by atoms with Gasteiger partial charge in [0, 0.05) is 7.11 Å². The second-order valence-electron chi connectivity index (χ2n) is 1.86. The molecule has 8 heavy (non-hydrogen) atoms. The molecule has 2 nitrogen and oxygen atoms in total. The number of halogens is 1. The number of hydrogen-bond donors (Lipinski definition) is 0. The second-order valence-corrected chi connectivity index (χ2v) is 3.02. The first-order valence-corrected chi connectivity index (χ1v) is 5.09. The van der Waals surface area contributed by atoms with Crippen LogP contribution in [0.25, 0.3) is 0 Å². The van der Waals surface area contributed by atoms with Gasteiger partial charge in [-0.05, 0) is 13.8 Å². The normalized spacial score (nSPS) is 13.5. The van der Waals surface area contributed by atoms with Crippen LogP contribution in [0.5, 0.6) is 0 Å². The zero-order valence-corrected chi connectivity index (χ0v) is 7.57. The largest absolute Gasteiger partial charge is 0.381 e. The van der Waals surface area contributed by atoms with E-state index in [9.17, 15) is 0 Å². The van der Waals surface area contributed by atoms with Gasteiger partial charge in [-0.1, -0.05) is 0 Å². The van der Waals surface area contributed by atoms with Gasteiger partial charge in [0.05, 0.1) is 0 Å². The van der Waals surface area contributed by atoms with Crippen molar-refractivity contribution in [3.05, 3.63) is 0 Å². The zero-order chi connectivity index (χ0) is 6.62. The molecule has 0 saturated carbocycles. The van der Waals surface area contributed by atoms with Crippen molar-refractivity contribution in [3.8, 4) is 0 Å². The van der Waals surface area contributed by atoms with E-state index in [0.29, 0.717) is 0 Å². The van der Waals surface area contributed by atoms with Crippen LogP contribution in [0.15, 0.2) is 0 Å². The molecule has 0 radical (unpaired) electrons. The Hall–Kier alpha value is 0.427. The van der Waals surface area contributed by atoms with Gasteiger partial charge >= 0.3 is 0 Å². The van der Waals surface area contributed by atoms with Gasteiger partial charge in [-0.3, -0.25) is 0 Å². The number of rotatable bonds is 3. The molecule has 0 bridgehead atoms. The Morgan fingerprint density at radius 3 is 2.12 bits per heavy atom. The maximum absolute atomic E-state index is 5.40. The van der Waals surface area contributed by atoms with E-state index >= 15 is 0 Å². The number of ether oxygens (including phenoxy) is 1. The van der Waals surface area contributed by atoms with Gasteiger partial charge in [0.25, 0.3) is 9.07 Å². The summed E-state index contributed by atoms with van der Waals surface area (Å²) in [6.07, 6.45) is 0. The topological polar surface area (TPSA) is 18.5 Å². The predicted molar refractivity (Wildman–Crippen MR) is 36.6 cm³/mol. The second kappa shape index (κ2) is 3.45. The van der Waals surface area contributed by atoms with Crippen LogP contribution in [0.3, 0.4) is 0 Å². The standard InChI is InChI=1S/C4H11ClO2Si/c1-4(2,6-3)7-8-5/h8H2,1-3H3. The van der Waals surface area contributed by atoms with Gasteiger partial charge in [-0.2, -0.15) is 0 Å². The fourth-order valence-corrected chi connectivity index (χ4v) is 1.36. The molecule has 0 rings (SSSR count). The molecule has 0 aliphatic heterocycles. The lowest BCUT2D eigenvalue weighted by atomic mass is 10.4. The van der Waals surface area contributed by atoms with E-state index in [1.54, 1.807) is 7.11 Å². The van der Waals surface area contributed by atoms with Crippen molar-refractivity contribution in [2.45, 2.75) is 19.6 Å². The highest BCUT2D eigenvalue weighted by atomic mass is 35.6. The molecule has 0 amide bonds. The van der Waals surface area contributed by atoms with E-state index in [4.69, 9.17) is 20.2 Å². The Morgan fingerprint density at radius 2 is 2.00 bits per heavy atom. The van der Waals surface area contributed by atoms with Crippen LogP contribution in [0, 0.1) is 0 Å². The zero-order valence-electron chi connectivity index (χ0n) is 5.40. The molecule has 0 aromatic heterocycles. The van der Waals surface area contributed by atoms with Crippen molar-refractivity contribution < 1.29 is 9.16 Å². The maximum atomic E-state index is 5.40. The van der Waals surface area contributed by atoms with Crippen LogP contribution in [0.1, 0.15) is 13.8 Å². The fraction of sp³-hybridized carbons (Fsp3) is 1.00. The van der Waals surface area contributed by atoms with Gasteiger partial charge in [0.2, 0.25) is 0 Å². The van der Waals surface area contributed by atoms with Crippen molar-refractivity contribution in [1.82, 2.24) is 0 Å². The number of hydrogen-bond acceptors (Lipinski definition) is 2. The summed E-state index contributed by atoms with van der Waals surface area (Å²) in [5.41, 5.74) is 0. The highest BCUT2D eigenvalue weighted by Crippen LogP contribution is 2.07. The highest BCUT2D eigenvalue weighted by molar-refractivity contribution is 6.90. The third-order valence-corrected chi connectivity index (χ3v) is 2.03. The minimum absolute atomic E-state index is 0.478. The summed E-state index contributed by atoms with van der Waals surface area (Å²) < 4.78 is 9.97. The summed E-state index contributed by atoms with van der Waals surface area (Å²) in [6.45, 7) is 3.67. The van der Waals surface area contributed by atoms with E-state index in [0.717, 1.165) is 0 Å². The van der Waals surface area contributed by atoms with E-state index in [-0.39, 0.29) is 0 Å². The van der Waals surface area contributed by atoms with Crippen LogP contribution >= 0.6 is 11.1 Å². The van der Waals surface area contributed by atoms with Crippen molar-refractivity contribution in [3.63, 3.8) is 0 Å². The molecule has 0 unspecified atom stereocenters. The SMILES string of the molecule is COC(C)(C)O[SiH2]Cl. The van der Waals surface area contributed by atoms with Gasteiger partial charge in [0.1, 0.15) is 0 Å². The van der Waals surface area contributed by atoms with Crippen LogP contribution < -0.4 is 0 Å². The van der Waals surface area contributed by atoms with Crippen LogP contribution in [0.4, 0.5) is 0 Å². The van der Waals surface area contributed by atoms with Crippen LogP contribution in [-0.2, 0) is 9.16 Å². The highest BCUT2D eigenvalue weighted by Gasteiger charge is 2.14. The maximum Gasteiger partial charge on any atom is 0.262 e. The average Bonchev–Trinajstić information content (AvgIpc) is 1.67. The van der Waals surface area contributed by atoms with E-state index in [1.807, 2.05) is 13.8 Å². The molecule has 0 aromatic rings. The molecular weight excluding hydrogens is 144 g/mol. The summed E-state index contributed by atoms with van der Waals surface area (Å²) in [5.74, 6) is -0.478. The Morgan fingerprint density at radius 1 is 1.50 bits per heavy atom. The molecule has 50 valence electrons. The molecule has 0 aromatic carbocycles. The quantitative estimate of drug-likeness (QED) is 0.337. The summed E-state index contributed by atoms with van der Waals surface area (Å²) >= 11 is 5.40. The first-order valence-electron chi connectivity index (χ1n) is 2.37. The average molecular weight is 155 g/mol. The van der Waals surface area contributed by atoms with Crippen LogP contribution in [0.2, 0.25) is 0 Å². The molecule has 0 aliphatic rings. The first-order chi connectivity index (χ1) is 3.62. The van der Waals surface area contributed by atoms with Crippen molar-refractivity contribution in [1.29, 1.82) is 0 Å². The molecule has 0 atom stereocenters. The predicted octanol–water partition coefficient (Wildman–Crippen LogP) is 0.623. The van der Waals surface area contributed by atoms with Crippen molar-refractivity contribution in [2.75, 3.05) is 7.11 Å². The van der Waals surface area contributed by atoms with Gasteiger partial charge in [-0.15, -0.1) is 11.1 Å². The molecule has 0 aliphatic carbocycles. The van der Waals surface area contributed by atoms with Gasteiger partial charge < -0.3 is 9.16 Å². The van der Waals surface area contributed by atoms with Gasteiger partial charge in [0.15, 0.2) is 5.79 Å². The lowest BCUT2D eigenvalue weighted by Gasteiger charge is -2.21. The Bertz CT molecular complexity index is 67.1. The monoisotopic (exact) mass is 154 g/mol. The van der Waals surface area contributed by atoms with Crippen molar-refractivity contribution >= 4 is 20.2 Å². The number of methoxy groups -OCH3 is 1. The molecule has 0 spiro atoms. The molecule has 4 heteroatoms. The summed E-state index contributed by atoms with van der Waals surface area (Å²) in [6, 6.07) is 0. The van der Waals surface area contributed by atoms with Crippen LogP contribution in [-0.4, -0.2) is 22.0 Å². The Kier molecular flexibility index (Phi) is 3.64. The minimum Gasteiger partial charge on any atom is -0.381 e. The van der Waals surface area contributed by atoms with Crippen molar-refractivity contribution in [2.24, 2.45) is 0 Å². The van der Waals surface area contributed by atoms with E-state index in [2.05, 4.69) is 0 Å².